The number of nitrogens with one attached hydrogen (secondary N) is 1. The van der Waals surface area contributed by atoms with Gasteiger partial charge in [-0.2, -0.15) is 0 Å². The molecule has 0 radical (unpaired) electrons. The van der Waals surface area contributed by atoms with Gasteiger partial charge in [0.25, 0.3) is 0 Å². The lowest BCUT2D eigenvalue weighted by atomic mass is 10.2. The first-order chi connectivity index (χ1) is 8.36. The topological polar surface area (TPSA) is 63.6 Å². The van der Waals surface area contributed by atoms with Crippen LogP contribution in [0.4, 0.5) is 5.82 Å². The third-order valence-corrected chi connectivity index (χ3v) is 2.79. The highest BCUT2D eigenvalue weighted by molar-refractivity contribution is 5.52. The number of nitrogens with zero attached hydrogens (tertiary/aromatic N) is 4. The molecule has 86 valence electrons. The Kier molecular flexibility index (Phi) is 2.44. The van der Waals surface area contributed by atoms with Gasteiger partial charge in [0.1, 0.15) is 11.5 Å². The maximum absolute atomic E-state index is 4.56. The van der Waals surface area contributed by atoms with E-state index in [1.165, 1.54) is 12.8 Å². The molecule has 3 rings (SSSR count). The maximum atomic E-state index is 4.56. The van der Waals surface area contributed by atoms with Crippen molar-refractivity contribution in [2.75, 3.05) is 12.4 Å². The molecule has 0 unspecified atom stereocenters. The fourth-order valence-electron chi connectivity index (χ4n) is 1.71. The number of hydrogen-bond acceptors (Lipinski definition) is 5. The normalized spacial score (nSPS) is 14.6. The van der Waals surface area contributed by atoms with E-state index in [1.807, 2.05) is 13.1 Å². The van der Waals surface area contributed by atoms with Crippen molar-refractivity contribution < 1.29 is 0 Å². The van der Waals surface area contributed by atoms with Gasteiger partial charge in [-0.3, -0.25) is 4.98 Å². The first-order valence-corrected chi connectivity index (χ1v) is 5.70. The second-order valence-corrected chi connectivity index (χ2v) is 4.12. The van der Waals surface area contributed by atoms with E-state index in [2.05, 4.69) is 25.3 Å². The van der Waals surface area contributed by atoms with Gasteiger partial charge in [0.2, 0.25) is 0 Å². The summed E-state index contributed by atoms with van der Waals surface area (Å²) in [5.74, 6) is 2.08. The molecule has 17 heavy (non-hydrogen) atoms. The lowest BCUT2D eigenvalue weighted by Gasteiger charge is -2.06. The van der Waals surface area contributed by atoms with Gasteiger partial charge in [-0.25, -0.2) is 15.0 Å². The Morgan fingerprint density at radius 1 is 1.24 bits per heavy atom. The molecule has 0 bridgehead atoms. The van der Waals surface area contributed by atoms with Crippen molar-refractivity contribution in [1.82, 2.24) is 19.9 Å². The van der Waals surface area contributed by atoms with Gasteiger partial charge in [-0.15, -0.1) is 0 Å². The quantitative estimate of drug-likeness (QED) is 0.867. The number of anilines is 1. The highest BCUT2D eigenvalue weighted by Crippen LogP contribution is 2.39. The molecule has 5 nitrogen and oxygen atoms in total. The van der Waals surface area contributed by atoms with Crippen molar-refractivity contribution in [3.8, 4) is 11.5 Å². The SMILES string of the molecule is CNc1cc(C2CC2)nc(-c2cnccn2)n1. The van der Waals surface area contributed by atoms with Crippen molar-refractivity contribution in [2.45, 2.75) is 18.8 Å². The van der Waals surface area contributed by atoms with E-state index in [0.29, 0.717) is 17.4 Å². The van der Waals surface area contributed by atoms with Crippen LogP contribution in [0.5, 0.6) is 0 Å². The van der Waals surface area contributed by atoms with E-state index in [-0.39, 0.29) is 0 Å². The minimum atomic E-state index is 0.598. The Hall–Kier alpha value is -2.04. The second kappa shape index (κ2) is 4.08. The summed E-state index contributed by atoms with van der Waals surface area (Å²) in [4.78, 5) is 17.2. The average molecular weight is 227 g/mol. The van der Waals surface area contributed by atoms with E-state index in [1.54, 1.807) is 18.6 Å². The average Bonchev–Trinajstić information content (AvgIpc) is 3.23. The molecule has 2 aromatic heterocycles. The molecule has 0 saturated heterocycles. The van der Waals surface area contributed by atoms with Gasteiger partial charge < -0.3 is 5.32 Å². The van der Waals surface area contributed by atoms with Crippen LogP contribution in [0.3, 0.4) is 0 Å². The lowest BCUT2D eigenvalue weighted by Crippen LogP contribution is -2.01. The van der Waals surface area contributed by atoms with Gasteiger partial charge in [0.15, 0.2) is 5.82 Å². The van der Waals surface area contributed by atoms with E-state index in [9.17, 15) is 0 Å². The molecule has 0 aliphatic heterocycles. The summed E-state index contributed by atoms with van der Waals surface area (Å²) < 4.78 is 0. The summed E-state index contributed by atoms with van der Waals surface area (Å²) in [6, 6.07) is 2.01. The van der Waals surface area contributed by atoms with Crippen LogP contribution >= 0.6 is 0 Å². The second-order valence-electron chi connectivity index (χ2n) is 4.12. The predicted molar refractivity (Wildman–Crippen MR) is 64.6 cm³/mol. The van der Waals surface area contributed by atoms with Crippen LogP contribution < -0.4 is 5.32 Å². The lowest BCUT2D eigenvalue weighted by molar-refractivity contribution is 0.984. The zero-order valence-corrected chi connectivity index (χ0v) is 9.59. The predicted octanol–water partition coefficient (Wildman–Crippen LogP) is 1.85. The summed E-state index contributed by atoms with van der Waals surface area (Å²) in [5, 5.41) is 3.06. The molecule has 1 aliphatic rings. The monoisotopic (exact) mass is 227 g/mol. The van der Waals surface area contributed by atoms with Gasteiger partial charge in [-0.1, -0.05) is 0 Å². The number of aromatic nitrogens is 4. The molecular weight excluding hydrogens is 214 g/mol. The van der Waals surface area contributed by atoms with Gasteiger partial charge >= 0.3 is 0 Å². The molecule has 0 aromatic carbocycles. The molecule has 5 heteroatoms. The van der Waals surface area contributed by atoms with Crippen LogP contribution in [0.2, 0.25) is 0 Å². The molecule has 1 saturated carbocycles. The summed E-state index contributed by atoms with van der Waals surface area (Å²) in [6.45, 7) is 0. The molecule has 1 fully saturated rings. The number of rotatable bonds is 3. The molecular formula is C12H13N5. The zero-order chi connectivity index (χ0) is 11.7. The molecule has 1 aliphatic carbocycles. The van der Waals surface area contributed by atoms with Gasteiger partial charge in [-0.05, 0) is 12.8 Å². The van der Waals surface area contributed by atoms with E-state index >= 15 is 0 Å². The van der Waals surface area contributed by atoms with Crippen LogP contribution in [0.25, 0.3) is 11.5 Å². The first kappa shape index (κ1) is 10.1. The van der Waals surface area contributed by atoms with Crippen molar-refractivity contribution >= 4 is 5.82 Å². The Morgan fingerprint density at radius 3 is 2.76 bits per heavy atom. The number of hydrogen-bond donors (Lipinski definition) is 1. The zero-order valence-electron chi connectivity index (χ0n) is 9.59. The Morgan fingerprint density at radius 2 is 2.12 bits per heavy atom. The maximum Gasteiger partial charge on any atom is 0.182 e. The molecule has 1 N–H and O–H groups in total. The van der Waals surface area contributed by atoms with Crippen molar-refractivity contribution in [3.05, 3.63) is 30.4 Å². The summed E-state index contributed by atoms with van der Waals surface area (Å²) >= 11 is 0. The summed E-state index contributed by atoms with van der Waals surface area (Å²) in [6.07, 6.45) is 7.43. The fraction of sp³-hybridized carbons (Fsp3) is 0.333. The molecule has 0 amide bonds. The Bertz CT molecular complexity index is 522. The summed E-state index contributed by atoms with van der Waals surface area (Å²) in [5.41, 5.74) is 1.82. The van der Waals surface area contributed by atoms with Crippen LogP contribution in [-0.4, -0.2) is 27.0 Å². The highest BCUT2D eigenvalue weighted by atomic mass is 15.0. The van der Waals surface area contributed by atoms with Crippen LogP contribution in [0, 0.1) is 0 Å². The van der Waals surface area contributed by atoms with Gasteiger partial charge in [0, 0.05) is 37.1 Å². The van der Waals surface area contributed by atoms with Crippen LogP contribution in [-0.2, 0) is 0 Å². The van der Waals surface area contributed by atoms with Crippen molar-refractivity contribution in [2.24, 2.45) is 0 Å². The third-order valence-electron chi connectivity index (χ3n) is 2.79. The Labute approximate surface area is 99.4 Å². The molecule has 2 aromatic rings. The Balaban J connectivity index is 2.06. The van der Waals surface area contributed by atoms with E-state index in [4.69, 9.17) is 0 Å². The summed E-state index contributed by atoms with van der Waals surface area (Å²) in [7, 11) is 1.86. The minimum absolute atomic E-state index is 0.598. The highest BCUT2D eigenvalue weighted by Gasteiger charge is 2.26. The van der Waals surface area contributed by atoms with Crippen LogP contribution in [0.1, 0.15) is 24.5 Å². The standard InChI is InChI=1S/C12H13N5/c1-13-11-6-9(8-2-3-8)16-12(17-11)10-7-14-4-5-15-10/h4-8H,2-3H2,1H3,(H,13,16,17). The fourth-order valence-corrected chi connectivity index (χ4v) is 1.71. The third kappa shape index (κ3) is 2.08. The first-order valence-electron chi connectivity index (χ1n) is 5.70. The van der Waals surface area contributed by atoms with E-state index < -0.39 is 0 Å². The molecule has 0 atom stereocenters. The largest absolute Gasteiger partial charge is 0.373 e. The molecule has 2 heterocycles. The van der Waals surface area contributed by atoms with E-state index in [0.717, 1.165) is 11.5 Å². The molecule has 0 spiro atoms. The van der Waals surface area contributed by atoms with Gasteiger partial charge in [0.05, 0.1) is 6.20 Å². The smallest absolute Gasteiger partial charge is 0.182 e. The minimum Gasteiger partial charge on any atom is -0.373 e. The van der Waals surface area contributed by atoms with Crippen molar-refractivity contribution in [1.29, 1.82) is 0 Å². The van der Waals surface area contributed by atoms with Crippen LogP contribution in [0.15, 0.2) is 24.7 Å². The van der Waals surface area contributed by atoms with Crippen molar-refractivity contribution in [3.63, 3.8) is 0 Å².